The number of aliphatic carboxylic acids is 1. The maximum atomic E-state index is 11.3. The van der Waals surface area contributed by atoms with Crippen molar-refractivity contribution in [2.45, 2.75) is 39.0 Å². The van der Waals surface area contributed by atoms with E-state index in [1.165, 1.54) is 12.8 Å². The molecule has 1 aromatic heterocycles. The molecule has 1 heterocycles. The number of nitrogens with zero attached hydrogens (tertiary/aromatic N) is 1. The Morgan fingerprint density at radius 3 is 2.76 bits per heavy atom. The van der Waals surface area contributed by atoms with Crippen LogP contribution in [0.4, 0.5) is 0 Å². The van der Waals surface area contributed by atoms with Crippen LogP contribution in [-0.4, -0.2) is 16.1 Å². The summed E-state index contributed by atoms with van der Waals surface area (Å²) in [6.07, 6.45) is 5.04. The second-order valence-electron chi connectivity index (χ2n) is 4.96. The normalized spacial score (nSPS) is 18.2. The molecule has 0 spiro atoms. The van der Waals surface area contributed by atoms with Gasteiger partial charge in [0.1, 0.15) is 0 Å². The summed E-state index contributed by atoms with van der Waals surface area (Å²) in [6.45, 7) is 1.94. The number of pyridine rings is 1. The van der Waals surface area contributed by atoms with Crippen molar-refractivity contribution in [1.29, 1.82) is 0 Å². The average Bonchev–Trinajstić information content (AvgIpc) is 2.78. The standard InChI is InChI=1S/C14H19NO2/c1-10-5-4-8-12(15-10)9-13(14(16)17)11-6-2-3-7-11/h4-5,8,11,13H,2-3,6-7,9H2,1H3,(H,16,17). The SMILES string of the molecule is Cc1cccc(CC(C(=O)O)C2CCCC2)n1. The van der Waals surface area contributed by atoms with Gasteiger partial charge >= 0.3 is 5.97 Å². The first-order valence-corrected chi connectivity index (χ1v) is 6.32. The quantitative estimate of drug-likeness (QED) is 0.870. The Bertz CT molecular complexity index is 397. The van der Waals surface area contributed by atoms with E-state index in [0.29, 0.717) is 12.3 Å². The Balaban J connectivity index is 2.09. The number of hydrogen-bond acceptors (Lipinski definition) is 2. The van der Waals surface area contributed by atoms with Crippen molar-refractivity contribution in [3.05, 3.63) is 29.6 Å². The molecule has 17 heavy (non-hydrogen) atoms. The van der Waals surface area contributed by atoms with Gasteiger partial charge in [-0.05, 0) is 37.8 Å². The average molecular weight is 233 g/mol. The number of hydrogen-bond donors (Lipinski definition) is 1. The minimum Gasteiger partial charge on any atom is -0.481 e. The fraction of sp³-hybridized carbons (Fsp3) is 0.571. The summed E-state index contributed by atoms with van der Waals surface area (Å²) in [4.78, 5) is 15.8. The van der Waals surface area contributed by atoms with Gasteiger partial charge < -0.3 is 5.11 Å². The van der Waals surface area contributed by atoms with Gasteiger partial charge in [-0.3, -0.25) is 9.78 Å². The Hall–Kier alpha value is -1.38. The predicted molar refractivity (Wildman–Crippen MR) is 65.8 cm³/mol. The van der Waals surface area contributed by atoms with E-state index in [2.05, 4.69) is 4.98 Å². The minimum absolute atomic E-state index is 0.258. The van der Waals surface area contributed by atoms with E-state index in [0.717, 1.165) is 24.2 Å². The number of carboxylic acids is 1. The van der Waals surface area contributed by atoms with Crippen molar-refractivity contribution >= 4 is 5.97 Å². The molecular weight excluding hydrogens is 214 g/mol. The predicted octanol–water partition coefficient (Wildman–Crippen LogP) is 2.82. The molecule has 1 aliphatic carbocycles. The summed E-state index contributed by atoms with van der Waals surface area (Å²) in [5.41, 5.74) is 1.86. The number of rotatable bonds is 4. The Labute approximate surface area is 102 Å². The van der Waals surface area contributed by atoms with Crippen molar-refractivity contribution < 1.29 is 9.90 Å². The van der Waals surface area contributed by atoms with E-state index in [1.54, 1.807) is 0 Å². The molecule has 92 valence electrons. The van der Waals surface area contributed by atoms with Crippen LogP contribution in [0.2, 0.25) is 0 Å². The van der Waals surface area contributed by atoms with Crippen LogP contribution in [0.5, 0.6) is 0 Å². The van der Waals surface area contributed by atoms with Crippen molar-refractivity contribution in [3.63, 3.8) is 0 Å². The highest BCUT2D eigenvalue weighted by atomic mass is 16.4. The van der Waals surface area contributed by atoms with E-state index >= 15 is 0 Å². The molecule has 1 aliphatic rings. The highest BCUT2D eigenvalue weighted by molar-refractivity contribution is 5.70. The van der Waals surface area contributed by atoms with Crippen LogP contribution in [0.25, 0.3) is 0 Å². The molecule has 1 unspecified atom stereocenters. The zero-order valence-electron chi connectivity index (χ0n) is 10.2. The van der Waals surface area contributed by atoms with Gasteiger partial charge in [0, 0.05) is 17.8 Å². The van der Waals surface area contributed by atoms with Crippen LogP contribution in [-0.2, 0) is 11.2 Å². The first kappa shape index (κ1) is 12.1. The van der Waals surface area contributed by atoms with Crippen LogP contribution >= 0.6 is 0 Å². The molecule has 0 amide bonds. The van der Waals surface area contributed by atoms with E-state index < -0.39 is 5.97 Å². The van der Waals surface area contributed by atoms with Gasteiger partial charge in [0.2, 0.25) is 0 Å². The topological polar surface area (TPSA) is 50.2 Å². The Kier molecular flexibility index (Phi) is 3.77. The molecule has 0 aromatic carbocycles. The molecular formula is C14H19NO2. The summed E-state index contributed by atoms with van der Waals surface area (Å²) in [7, 11) is 0. The lowest BCUT2D eigenvalue weighted by atomic mass is 9.87. The smallest absolute Gasteiger partial charge is 0.307 e. The molecule has 0 radical (unpaired) electrons. The lowest BCUT2D eigenvalue weighted by molar-refractivity contribution is -0.143. The third-order valence-electron chi connectivity index (χ3n) is 3.66. The molecule has 1 N–H and O–H groups in total. The largest absolute Gasteiger partial charge is 0.481 e. The van der Waals surface area contributed by atoms with Gasteiger partial charge in [-0.1, -0.05) is 18.9 Å². The lowest BCUT2D eigenvalue weighted by Crippen LogP contribution is -2.24. The number of aromatic nitrogens is 1. The first-order valence-electron chi connectivity index (χ1n) is 6.32. The highest BCUT2D eigenvalue weighted by Gasteiger charge is 2.30. The van der Waals surface area contributed by atoms with Crippen LogP contribution in [0.15, 0.2) is 18.2 Å². The van der Waals surface area contributed by atoms with Gasteiger partial charge in [-0.25, -0.2) is 0 Å². The van der Waals surface area contributed by atoms with Crippen molar-refractivity contribution in [2.24, 2.45) is 11.8 Å². The second kappa shape index (κ2) is 5.30. The zero-order chi connectivity index (χ0) is 12.3. The van der Waals surface area contributed by atoms with E-state index in [-0.39, 0.29) is 5.92 Å². The molecule has 0 aliphatic heterocycles. The Morgan fingerprint density at radius 1 is 1.47 bits per heavy atom. The van der Waals surface area contributed by atoms with Gasteiger partial charge in [0.25, 0.3) is 0 Å². The van der Waals surface area contributed by atoms with Gasteiger partial charge in [0.05, 0.1) is 5.92 Å². The molecule has 1 fully saturated rings. The third-order valence-corrected chi connectivity index (χ3v) is 3.66. The number of carboxylic acid groups (broad SMARTS) is 1. The zero-order valence-corrected chi connectivity index (χ0v) is 10.2. The highest BCUT2D eigenvalue weighted by Crippen LogP contribution is 2.33. The second-order valence-corrected chi connectivity index (χ2v) is 4.96. The van der Waals surface area contributed by atoms with Gasteiger partial charge in [-0.15, -0.1) is 0 Å². The van der Waals surface area contributed by atoms with E-state index in [9.17, 15) is 9.90 Å². The molecule has 3 nitrogen and oxygen atoms in total. The van der Waals surface area contributed by atoms with Crippen LogP contribution in [0, 0.1) is 18.8 Å². The molecule has 3 heteroatoms. The fourth-order valence-corrected chi connectivity index (χ4v) is 2.75. The molecule has 0 saturated heterocycles. The number of aryl methyl sites for hydroxylation is 1. The molecule has 1 atom stereocenters. The lowest BCUT2D eigenvalue weighted by Gasteiger charge is -2.18. The van der Waals surface area contributed by atoms with Crippen molar-refractivity contribution in [2.75, 3.05) is 0 Å². The third kappa shape index (κ3) is 3.05. The molecule has 2 rings (SSSR count). The minimum atomic E-state index is -0.666. The Morgan fingerprint density at radius 2 is 2.18 bits per heavy atom. The summed E-state index contributed by atoms with van der Waals surface area (Å²) >= 11 is 0. The maximum Gasteiger partial charge on any atom is 0.307 e. The van der Waals surface area contributed by atoms with E-state index in [4.69, 9.17) is 0 Å². The van der Waals surface area contributed by atoms with Crippen LogP contribution in [0.1, 0.15) is 37.1 Å². The summed E-state index contributed by atoms with van der Waals surface area (Å²) in [5.74, 6) is -0.582. The summed E-state index contributed by atoms with van der Waals surface area (Å²) in [5, 5.41) is 9.34. The maximum absolute atomic E-state index is 11.3. The summed E-state index contributed by atoms with van der Waals surface area (Å²) < 4.78 is 0. The van der Waals surface area contributed by atoms with Gasteiger partial charge in [-0.2, -0.15) is 0 Å². The van der Waals surface area contributed by atoms with Crippen molar-refractivity contribution in [1.82, 2.24) is 4.98 Å². The van der Waals surface area contributed by atoms with Crippen LogP contribution in [0.3, 0.4) is 0 Å². The number of carbonyl (C=O) groups is 1. The summed E-state index contributed by atoms with van der Waals surface area (Å²) in [6, 6.07) is 5.82. The van der Waals surface area contributed by atoms with Gasteiger partial charge in [0.15, 0.2) is 0 Å². The molecule has 0 bridgehead atoms. The van der Waals surface area contributed by atoms with Crippen molar-refractivity contribution in [3.8, 4) is 0 Å². The molecule has 1 aromatic rings. The fourth-order valence-electron chi connectivity index (χ4n) is 2.75. The van der Waals surface area contributed by atoms with Crippen LogP contribution < -0.4 is 0 Å². The molecule has 1 saturated carbocycles. The van der Waals surface area contributed by atoms with E-state index in [1.807, 2.05) is 25.1 Å². The monoisotopic (exact) mass is 233 g/mol. The first-order chi connectivity index (χ1) is 8.16.